The molecule has 0 spiro atoms. The van der Waals surface area contributed by atoms with Gasteiger partial charge in [-0.3, -0.25) is 4.79 Å². The van der Waals surface area contributed by atoms with E-state index in [1.807, 2.05) is 36.7 Å². The maximum atomic E-state index is 12.2. The van der Waals surface area contributed by atoms with Crippen molar-refractivity contribution in [2.45, 2.75) is 26.3 Å². The van der Waals surface area contributed by atoms with E-state index in [4.69, 9.17) is 0 Å². The molecule has 0 aliphatic rings. The monoisotopic (exact) mass is 378 g/mol. The first-order chi connectivity index (χ1) is 13.2. The smallest absolute Gasteiger partial charge is 0.251 e. The number of aliphatic hydroxyl groups is 1. The lowest BCUT2D eigenvalue weighted by atomic mass is 10.1. The molecule has 3 N–H and O–H groups in total. The molecule has 0 aromatic carbocycles. The minimum Gasteiger partial charge on any atom is -0.394 e. The quantitative estimate of drug-likeness (QED) is 0.454. The molecule has 3 aromatic heterocycles. The molecule has 0 unspecified atom stereocenters. The number of H-pyrrole nitrogens is 1. The molecule has 6 heteroatoms. The fourth-order valence-corrected chi connectivity index (χ4v) is 3.06. The number of aromatic nitrogens is 3. The van der Waals surface area contributed by atoms with Gasteiger partial charge in [-0.2, -0.15) is 0 Å². The summed E-state index contributed by atoms with van der Waals surface area (Å²) in [7, 11) is 1.97. The van der Waals surface area contributed by atoms with Crippen LogP contribution in [-0.2, 0) is 11.8 Å². The van der Waals surface area contributed by atoms with Gasteiger partial charge in [-0.15, -0.1) is 0 Å². The number of aliphatic hydroxyl groups excluding tert-OH is 1. The van der Waals surface area contributed by atoms with Crippen molar-refractivity contribution in [2.24, 2.45) is 7.05 Å². The van der Waals surface area contributed by atoms with E-state index in [0.29, 0.717) is 5.57 Å². The van der Waals surface area contributed by atoms with Crippen LogP contribution in [0.25, 0.3) is 28.4 Å². The van der Waals surface area contributed by atoms with Gasteiger partial charge >= 0.3 is 0 Å². The lowest BCUT2D eigenvalue weighted by Crippen LogP contribution is -2.46. The van der Waals surface area contributed by atoms with Crippen LogP contribution in [-0.4, -0.2) is 37.7 Å². The normalized spacial score (nSPS) is 12.0. The largest absolute Gasteiger partial charge is 0.394 e. The van der Waals surface area contributed by atoms with Gasteiger partial charge in [-0.05, 0) is 56.7 Å². The summed E-state index contributed by atoms with van der Waals surface area (Å²) < 4.78 is 2.02. The zero-order valence-corrected chi connectivity index (χ0v) is 16.7. The number of carbonyl (C=O) groups excluding carboxylic acids is 1. The lowest BCUT2D eigenvalue weighted by molar-refractivity contribution is -0.119. The molecule has 6 nitrogen and oxygen atoms in total. The van der Waals surface area contributed by atoms with Crippen molar-refractivity contribution in [3.8, 4) is 11.3 Å². The van der Waals surface area contributed by atoms with Gasteiger partial charge in [0.1, 0.15) is 5.65 Å². The molecule has 146 valence electrons. The van der Waals surface area contributed by atoms with Crippen molar-refractivity contribution in [3.05, 3.63) is 60.1 Å². The van der Waals surface area contributed by atoms with E-state index in [-0.39, 0.29) is 12.5 Å². The van der Waals surface area contributed by atoms with Crippen LogP contribution in [0.1, 0.15) is 25.1 Å². The number of pyridine rings is 1. The Kier molecular flexibility index (Phi) is 5.25. The Morgan fingerprint density at radius 2 is 2.21 bits per heavy atom. The molecule has 28 heavy (non-hydrogen) atoms. The fraction of sp³-hybridized carbons (Fsp3) is 0.273. The summed E-state index contributed by atoms with van der Waals surface area (Å²) in [6.07, 6.45) is 7.40. The molecule has 0 bridgehead atoms. The Bertz CT molecular complexity index is 1040. The Hall–Kier alpha value is -3.12. The Morgan fingerprint density at radius 1 is 1.46 bits per heavy atom. The third kappa shape index (κ3) is 3.92. The minimum absolute atomic E-state index is 0.143. The van der Waals surface area contributed by atoms with Gasteiger partial charge in [0.15, 0.2) is 0 Å². The van der Waals surface area contributed by atoms with Gasteiger partial charge in [0, 0.05) is 47.4 Å². The second-order valence-electron chi connectivity index (χ2n) is 7.64. The number of fused-ring (bicyclic) bond motifs is 1. The summed E-state index contributed by atoms with van der Waals surface area (Å²) in [5, 5.41) is 13.1. The molecule has 3 rings (SSSR count). The first kappa shape index (κ1) is 19.6. The highest BCUT2D eigenvalue weighted by atomic mass is 16.3. The second-order valence-corrected chi connectivity index (χ2v) is 7.64. The van der Waals surface area contributed by atoms with Gasteiger partial charge in [-0.1, -0.05) is 6.58 Å². The highest BCUT2D eigenvalue weighted by molar-refractivity contribution is 5.97. The van der Waals surface area contributed by atoms with Crippen LogP contribution < -0.4 is 5.32 Å². The SMILES string of the molecule is C=C(/C=C\c1c(C)c(-c2cc3cccnc3[nH]2)cn1C)C(=O)NC(C)(C)CO. The van der Waals surface area contributed by atoms with Gasteiger partial charge in [0.25, 0.3) is 5.91 Å². The lowest BCUT2D eigenvalue weighted by Gasteiger charge is -2.23. The maximum Gasteiger partial charge on any atom is 0.251 e. The standard InChI is InChI=1S/C22H26N4O2/c1-14(21(28)25-22(3,4)13-27)8-9-19-15(2)17(12-26(19)5)18-11-16-7-6-10-23-20(16)24-18/h6-12,27H,1,13H2,2-5H3,(H,23,24)(H,25,28)/b9-8-. The zero-order valence-electron chi connectivity index (χ0n) is 16.7. The number of aryl methyl sites for hydroxylation is 1. The van der Waals surface area contributed by atoms with E-state index in [0.717, 1.165) is 33.5 Å². The molecule has 3 heterocycles. The number of carbonyl (C=O) groups is 1. The summed E-state index contributed by atoms with van der Waals surface area (Å²) in [6, 6.07) is 6.03. The summed E-state index contributed by atoms with van der Waals surface area (Å²) in [4.78, 5) is 19.9. The molecular formula is C22H26N4O2. The number of amides is 1. The van der Waals surface area contributed by atoms with Crippen molar-refractivity contribution in [3.63, 3.8) is 0 Å². The molecule has 0 saturated carbocycles. The number of hydrogen-bond acceptors (Lipinski definition) is 3. The topological polar surface area (TPSA) is 82.9 Å². The predicted octanol–water partition coefficient (Wildman–Crippen LogP) is 3.33. The molecule has 0 saturated heterocycles. The van der Waals surface area contributed by atoms with Crippen LogP contribution in [0.2, 0.25) is 0 Å². The first-order valence-corrected chi connectivity index (χ1v) is 9.12. The molecule has 3 aromatic rings. The van der Waals surface area contributed by atoms with E-state index >= 15 is 0 Å². The number of nitrogens with zero attached hydrogens (tertiary/aromatic N) is 2. The van der Waals surface area contributed by atoms with Crippen molar-refractivity contribution in [1.82, 2.24) is 19.9 Å². The summed E-state index contributed by atoms with van der Waals surface area (Å²) >= 11 is 0. The van der Waals surface area contributed by atoms with Gasteiger partial charge < -0.3 is 20.0 Å². The van der Waals surface area contributed by atoms with E-state index in [9.17, 15) is 9.90 Å². The van der Waals surface area contributed by atoms with Crippen molar-refractivity contribution in [2.75, 3.05) is 6.61 Å². The third-order valence-electron chi connectivity index (χ3n) is 4.75. The predicted molar refractivity (Wildman–Crippen MR) is 113 cm³/mol. The van der Waals surface area contributed by atoms with Crippen molar-refractivity contribution < 1.29 is 9.90 Å². The Morgan fingerprint density at radius 3 is 2.89 bits per heavy atom. The number of rotatable bonds is 6. The molecular weight excluding hydrogens is 352 g/mol. The zero-order chi connectivity index (χ0) is 20.5. The van der Waals surface area contributed by atoms with Crippen molar-refractivity contribution >= 4 is 23.0 Å². The van der Waals surface area contributed by atoms with Crippen LogP contribution in [0.4, 0.5) is 0 Å². The minimum atomic E-state index is -0.689. The van der Waals surface area contributed by atoms with Crippen LogP contribution >= 0.6 is 0 Å². The molecule has 1 amide bonds. The average molecular weight is 378 g/mol. The van der Waals surface area contributed by atoms with E-state index in [1.165, 1.54) is 0 Å². The average Bonchev–Trinajstić information content (AvgIpc) is 3.20. The van der Waals surface area contributed by atoms with Gasteiger partial charge in [0.2, 0.25) is 0 Å². The van der Waals surface area contributed by atoms with Gasteiger partial charge in [0.05, 0.1) is 12.1 Å². The molecule has 0 fully saturated rings. The molecule has 0 radical (unpaired) electrons. The summed E-state index contributed by atoms with van der Waals surface area (Å²) in [5.41, 5.74) is 4.66. The second kappa shape index (κ2) is 7.48. The molecule has 0 aliphatic heterocycles. The Labute approximate surface area is 164 Å². The van der Waals surface area contributed by atoms with Crippen LogP contribution in [0.3, 0.4) is 0 Å². The summed E-state index contributed by atoms with van der Waals surface area (Å²) in [5.74, 6) is -0.302. The highest BCUT2D eigenvalue weighted by Crippen LogP contribution is 2.29. The fourth-order valence-electron chi connectivity index (χ4n) is 3.06. The van der Waals surface area contributed by atoms with E-state index in [1.54, 1.807) is 26.1 Å². The third-order valence-corrected chi connectivity index (χ3v) is 4.75. The van der Waals surface area contributed by atoms with Gasteiger partial charge in [-0.25, -0.2) is 4.98 Å². The highest BCUT2D eigenvalue weighted by Gasteiger charge is 2.20. The van der Waals surface area contributed by atoms with E-state index < -0.39 is 5.54 Å². The molecule has 0 atom stereocenters. The van der Waals surface area contributed by atoms with Crippen molar-refractivity contribution in [1.29, 1.82) is 0 Å². The number of aromatic amines is 1. The van der Waals surface area contributed by atoms with Crippen LogP contribution in [0.5, 0.6) is 0 Å². The maximum absolute atomic E-state index is 12.2. The van der Waals surface area contributed by atoms with Crippen LogP contribution in [0.15, 0.2) is 48.8 Å². The summed E-state index contributed by atoms with van der Waals surface area (Å²) in [6.45, 7) is 9.25. The first-order valence-electron chi connectivity index (χ1n) is 9.12. The van der Waals surface area contributed by atoms with E-state index in [2.05, 4.69) is 34.1 Å². The number of nitrogens with one attached hydrogen (secondary N) is 2. The number of hydrogen-bond donors (Lipinski definition) is 3. The Balaban J connectivity index is 1.85. The van der Waals surface area contributed by atoms with Crippen LogP contribution in [0, 0.1) is 6.92 Å². The molecule has 0 aliphatic carbocycles.